The summed E-state index contributed by atoms with van der Waals surface area (Å²) >= 11 is 0. The molecule has 3 rings (SSSR count). The molecule has 1 aromatic heterocycles. The third-order valence-corrected chi connectivity index (χ3v) is 2.85. The van der Waals surface area contributed by atoms with Crippen molar-refractivity contribution in [3.63, 3.8) is 0 Å². The number of rotatable bonds is 1. The van der Waals surface area contributed by atoms with Crippen LogP contribution in [0, 0.1) is 5.92 Å². The van der Waals surface area contributed by atoms with Crippen LogP contribution in [0.5, 0.6) is 0 Å². The third kappa shape index (κ3) is 0.581. The van der Waals surface area contributed by atoms with E-state index in [9.17, 15) is 4.79 Å². The van der Waals surface area contributed by atoms with E-state index in [0.717, 1.165) is 24.1 Å². The summed E-state index contributed by atoms with van der Waals surface area (Å²) in [5, 5.41) is 15.4. The molecule has 1 fully saturated rings. The summed E-state index contributed by atoms with van der Waals surface area (Å²) in [4.78, 5) is 10.7. The maximum absolute atomic E-state index is 10.7. The molecule has 0 radical (unpaired) electrons. The first-order chi connectivity index (χ1) is 5.77. The molecule has 4 heteroatoms. The van der Waals surface area contributed by atoms with Crippen molar-refractivity contribution in [2.75, 3.05) is 0 Å². The Hall–Kier alpha value is -1.32. The number of H-pyrrole nitrogens is 1. The first-order valence-corrected chi connectivity index (χ1v) is 4.08. The minimum atomic E-state index is -0.903. The Kier molecular flexibility index (Phi) is 0.885. The largest absolute Gasteiger partial charge is 0.476 e. The highest BCUT2D eigenvalue weighted by atomic mass is 16.4. The Morgan fingerprint density at radius 1 is 1.67 bits per heavy atom. The second-order valence-corrected chi connectivity index (χ2v) is 3.58. The molecular weight excluding hydrogens is 156 g/mol. The van der Waals surface area contributed by atoms with E-state index in [4.69, 9.17) is 5.11 Å². The molecule has 2 unspecified atom stereocenters. The van der Waals surface area contributed by atoms with E-state index in [1.165, 1.54) is 0 Å². The standard InChI is InChI=1S/C8H8N2O2/c11-8(12)7-6-4-1-3(4)2-5(6)9-10-7/h3-4H,1-2H2,(H,9,10)(H,11,12). The van der Waals surface area contributed by atoms with Crippen LogP contribution in [0.3, 0.4) is 0 Å². The topological polar surface area (TPSA) is 66.0 Å². The minimum Gasteiger partial charge on any atom is -0.476 e. The maximum atomic E-state index is 10.7. The second kappa shape index (κ2) is 1.71. The highest BCUT2D eigenvalue weighted by Gasteiger charge is 2.48. The number of carboxylic acids is 1. The summed E-state index contributed by atoms with van der Waals surface area (Å²) in [5.74, 6) is 0.317. The molecule has 0 bridgehead atoms. The van der Waals surface area contributed by atoms with Crippen molar-refractivity contribution in [2.45, 2.75) is 18.8 Å². The number of hydrogen-bond donors (Lipinski definition) is 2. The van der Waals surface area contributed by atoms with Crippen molar-refractivity contribution in [3.05, 3.63) is 17.0 Å². The lowest BCUT2D eigenvalue weighted by Gasteiger charge is -1.92. The molecule has 2 aliphatic rings. The quantitative estimate of drug-likeness (QED) is 0.644. The first-order valence-electron chi connectivity index (χ1n) is 4.08. The van der Waals surface area contributed by atoms with Gasteiger partial charge >= 0.3 is 5.97 Å². The maximum Gasteiger partial charge on any atom is 0.356 e. The van der Waals surface area contributed by atoms with Gasteiger partial charge in [-0.2, -0.15) is 5.10 Å². The molecule has 62 valence electrons. The van der Waals surface area contributed by atoms with Crippen molar-refractivity contribution in [1.82, 2.24) is 10.2 Å². The Morgan fingerprint density at radius 3 is 3.25 bits per heavy atom. The van der Waals surface area contributed by atoms with Gasteiger partial charge in [-0.3, -0.25) is 5.10 Å². The summed E-state index contributed by atoms with van der Waals surface area (Å²) in [5.41, 5.74) is 2.27. The fraction of sp³-hybridized carbons (Fsp3) is 0.500. The molecule has 0 aromatic carbocycles. The van der Waals surface area contributed by atoms with E-state index in [-0.39, 0.29) is 5.69 Å². The van der Waals surface area contributed by atoms with Crippen molar-refractivity contribution >= 4 is 5.97 Å². The van der Waals surface area contributed by atoms with Gasteiger partial charge in [0.15, 0.2) is 5.69 Å². The van der Waals surface area contributed by atoms with Crippen LogP contribution in [0.4, 0.5) is 0 Å². The average molecular weight is 164 g/mol. The Bertz CT molecular complexity index is 369. The number of aromatic amines is 1. The van der Waals surface area contributed by atoms with E-state index in [1.807, 2.05) is 0 Å². The zero-order valence-corrected chi connectivity index (χ0v) is 6.37. The first kappa shape index (κ1) is 6.22. The normalized spacial score (nSPS) is 29.7. The summed E-state index contributed by atoms with van der Waals surface area (Å²) in [6.07, 6.45) is 2.16. The van der Waals surface area contributed by atoms with E-state index in [2.05, 4.69) is 10.2 Å². The molecule has 0 aliphatic heterocycles. The van der Waals surface area contributed by atoms with Crippen LogP contribution >= 0.6 is 0 Å². The van der Waals surface area contributed by atoms with Gasteiger partial charge in [-0.05, 0) is 24.7 Å². The van der Waals surface area contributed by atoms with Crippen LogP contribution in [-0.4, -0.2) is 21.3 Å². The lowest BCUT2D eigenvalue weighted by Crippen LogP contribution is -2.00. The molecule has 0 amide bonds. The number of fused-ring (bicyclic) bond motifs is 3. The number of carboxylic acid groups (broad SMARTS) is 1. The summed E-state index contributed by atoms with van der Waals surface area (Å²) in [6.45, 7) is 0. The lowest BCUT2D eigenvalue weighted by atomic mass is 10.1. The molecule has 0 spiro atoms. The van der Waals surface area contributed by atoms with Gasteiger partial charge in [0.05, 0.1) is 0 Å². The van der Waals surface area contributed by atoms with E-state index < -0.39 is 5.97 Å². The number of nitrogens with zero attached hydrogens (tertiary/aromatic N) is 1. The fourth-order valence-corrected chi connectivity index (χ4v) is 2.19. The zero-order chi connectivity index (χ0) is 8.29. The van der Waals surface area contributed by atoms with E-state index in [1.54, 1.807) is 0 Å². The molecular formula is C8H8N2O2. The van der Waals surface area contributed by atoms with E-state index in [0.29, 0.717) is 11.8 Å². The molecule has 1 aromatic rings. The van der Waals surface area contributed by atoms with Crippen molar-refractivity contribution < 1.29 is 9.90 Å². The number of hydrogen-bond acceptors (Lipinski definition) is 2. The average Bonchev–Trinajstić information content (AvgIpc) is 2.53. The predicted octanol–water partition coefficient (Wildman–Crippen LogP) is 0.767. The van der Waals surface area contributed by atoms with Crippen molar-refractivity contribution in [3.8, 4) is 0 Å². The molecule has 2 N–H and O–H groups in total. The van der Waals surface area contributed by atoms with Crippen LogP contribution in [-0.2, 0) is 6.42 Å². The van der Waals surface area contributed by atoms with Crippen LogP contribution < -0.4 is 0 Å². The van der Waals surface area contributed by atoms with Crippen molar-refractivity contribution in [2.24, 2.45) is 5.92 Å². The third-order valence-electron chi connectivity index (χ3n) is 2.85. The van der Waals surface area contributed by atoms with E-state index >= 15 is 0 Å². The second-order valence-electron chi connectivity index (χ2n) is 3.58. The smallest absolute Gasteiger partial charge is 0.356 e. The van der Waals surface area contributed by atoms with Crippen LogP contribution in [0.25, 0.3) is 0 Å². The summed E-state index contributed by atoms with van der Waals surface area (Å²) in [7, 11) is 0. The fourth-order valence-electron chi connectivity index (χ4n) is 2.19. The zero-order valence-electron chi connectivity index (χ0n) is 6.37. The summed E-state index contributed by atoms with van der Waals surface area (Å²) in [6, 6.07) is 0. The molecule has 4 nitrogen and oxygen atoms in total. The molecule has 1 heterocycles. The molecule has 1 saturated carbocycles. The number of carbonyl (C=O) groups is 1. The summed E-state index contributed by atoms with van der Waals surface area (Å²) < 4.78 is 0. The molecule has 0 saturated heterocycles. The van der Waals surface area contributed by atoms with Crippen LogP contribution in [0.2, 0.25) is 0 Å². The predicted molar refractivity (Wildman–Crippen MR) is 40.1 cm³/mol. The number of aromatic nitrogens is 2. The SMILES string of the molecule is O=C(O)c1n[nH]c2c1C1CC1C2. The van der Waals surface area contributed by atoms with Crippen LogP contribution in [0.15, 0.2) is 0 Å². The highest BCUT2D eigenvalue weighted by molar-refractivity contribution is 5.88. The number of aromatic carboxylic acids is 1. The van der Waals surface area contributed by atoms with Gasteiger partial charge < -0.3 is 5.11 Å². The Morgan fingerprint density at radius 2 is 2.50 bits per heavy atom. The Balaban J connectivity index is 2.17. The van der Waals surface area contributed by atoms with Gasteiger partial charge in [-0.25, -0.2) is 4.79 Å². The van der Waals surface area contributed by atoms with Crippen molar-refractivity contribution in [1.29, 1.82) is 0 Å². The lowest BCUT2D eigenvalue weighted by molar-refractivity contribution is 0.0689. The monoisotopic (exact) mass is 164 g/mol. The van der Waals surface area contributed by atoms with Gasteiger partial charge in [0.25, 0.3) is 0 Å². The van der Waals surface area contributed by atoms with Gasteiger partial charge in [0.2, 0.25) is 0 Å². The molecule has 2 aliphatic carbocycles. The van der Waals surface area contributed by atoms with Gasteiger partial charge in [0.1, 0.15) is 0 Å². The van der Waals surface area contributed by atoms with Gasteiger partial charge in [0, 0.05) is 11.3 Å². The molecule has 2 atom stereocenters. The minimum absolute atomic E-state index is 0.245. The van der Waals surface area contributed by atoms with Gasteiger partial charge in [-0.15, -0.1) is 0 Å². The number of nitrogens with one attached hydrogen (secondary N) is 1. The molecule has 12 heavy (non-hydrogen) atoms. The van der Waals surface area contributed by atoms with Gasteiger partial charge in [-0.1, -0.05) is 0 Å². The Labute approximate surface area is 68.6 Å². The highest BCUT2D eigenvalue weighted by Crippen LogP contribution is 2.56. The van der Waals surface area contributed by atoms with Crippen LogP contribution in [0.1, 0.15) is 34.1 Å².